The monoisotopic (exact) mass is 334 g/mol. The first-order valence-electron chi connectivity index (χ1n) is 8.45. The van der Waals surface area contributed by atoms with Crippen molar-refractivity contribution in [1.29, 1.82) is 5.41 Å². The second-order valence-corrected chi connectivity index (χ2v) is 6.37. The predicted octanol–water partition coefficient (Wildman–Crippen LogP) is 3.93. The Labute approximate surface area is 147 Å². The first kappa shape index (κ1) is 17.0. The minimum Gasteiger partial charge on any atom is -0.506 e. The van der Waals surface area contributed by atoms with Crippen molar-refractivity contribution in [3.05, 3.63) is 76.9 Å². The molecule has 1 amide bonds. The predicted molar refractivity (Wildman–Crippen MR) is 99.9 cm³/mol. The summed E-state index contributed by atoms with van der Waals surface area (Å²) in [6.45, 7) is 3.12. The van der Waals surface area contributed by atoms with Gasteiger partial charge >= 0.3 is 0 Å². The Hall–Kier alpha value is -2.88. The molecule has 1 heterocycles. The standard InChI is InChI=1S/C21H22N2O2/c1-15-7-5-6-10-18(15)20(24)19(13-22)21(25)23-12-11-17(14-23)16-8-3-2-4-9-16/h2-10,13,17,22,24H,11-12,14H2,1H3/b20-19+,22-13?. The maximum atomic E-state index is 12.8. The molecule has 3 rings (SSSR count). The highest BCUT2D eigenvalue weighted by Crippen LogP contribution is 2.29. The quantitative estimate of drug-likeness (QED) is 0.505. The van der Waals surface area contributed by atoms with E-state index in [0.29, 0.717) is 24.6 Å². The Balaban J connectivity index is 1.83. The van der Waals surface area contributed by atoms with Gasteiger partial charge in [0.15, 0.2) is 0 Å². The number of carbonyl (C=O) groups excluding carboxylic acids is 1. The fourth-order valence-electron chi connectivity index (χ4n) is 3.33. The first-order chi connectivity index (χ1) is 12.1. The molecule has 4 heteroatoms. The van der Waals surface area contributed by atoms with E-state index in [-0.39, 0.29) is 17.2 Å². The smallest absolute Gasteiger partial charge is 0.259 e. The molecule has 1 unspecified atom stereocenters. The van der Waals surface area contributed by atoms with Gasteiger partial charge in [0.2, 0.25) is 0 Å². The molecule has 2 aromatic rings. The Morgan fingerprint density at radius 1 is 1.16 bits per heavy atom. The molecule has 25 heavy (non-hydrogen) atoms. The summed E-state index contributed by atoms with van der Waals surface area (Å²) < 4.78 is 0. The molecule has 4 nitrogen and oxygen atoms in total. The number of aryl methyl sites for hydroxylation is 1. The number of hydrogen-bond acceptors (Lipinski definition) is 3. The Morgan fingerprint density at radius 2 is 1.84 bits per heavy atom. The summed E-state index contributed by atoms with van der Waals surface area (Å²) in [6, 6.07) is 17.5. The van der Waals surface area contributed by atoms with Crippen LogP contribution in [0.3, 0.4) is 0 Å². The zero-order valence-corrected chi connectivity index (χ0v) is 14.3. The van der Waals surface area contributed by atoms with Gasteiger partial charge in [0.05, 0.1) is 5.57 Å². The van der Waals surface area contributed by atoms with Crippen molar-refractivity contribution in [3.8, 4) is 0 Å². The van der Waals surface area contributed by atoms with Crippen molar-refractivity contribution in [1.82, 2.24) is 4.90 Å². The zero-order chi connectivity index (χ0) is 17.8. The number of hydrogen-bond donors (Lipinski definition) is 2. The summed E-state index contributed by atoms with van der Waals surface area (Å²) in [5.41, 5.74) is 2.73. The van der Waals surface area contributed by atoms with E-state index in [9.17, 15) is 9.90 Å². The second kappa shape index (κ2) is 7.34. The van der Waals surface area contributed by atoms with E-state index in [4.69, 9.17) is 5.41 Å². The lowest BCUT2D eigenvalue weighted by Gasteiger charge is -2.18. The molecular weight excluding hydrogens is 312 g/mol. The average Bonchev–Trinajstić information content (AvgIpc) is 3.13. The van der Waals surface area contributed by atoms with Gasteiger partial charge in [-0.05, 0) is 24.5 Å². The molecule has 1 aliphatic rings. The number of amides is 1. The van der Waals surface area contributed by atoms with Gasteiger partial charge in [-0.3, -0.25) is 4.79 Å². The number of likely N-dealkylation sites (tertiary alicyclic amines) is 1. The van der Waals surface area contributed by atoms with E-state index in [2.05, 4.69) is 12.1 Å². The molecule has 2 N–H and O–H groups in total. The Bertz CT molecular complexity index is 812. The van der Waals surface area contributed by atoms with Crippen LogP contribution in [0.2, 0.25) is 0 Å². The largest absolute Gasteiger partial charge is 0.506 e. The third-order valence-electron chi connectivity index (χ3n) is 4.78. The van der Waals surface area contributed by atoms with Crippen LogP contribution in [0.5, 0.6) is 0 Å². The normalized spacial score (nSPS) is 18.0. The Kier molecular flexibility index (Phi) is 4.98. The molecule has 0 radical (unpaired) electrons. The second-order valence-electron chi connectivity index (χ2n) is 6.37. The molecule has 128 valence electrons. The fraction of sp³-hybridized carbons (Fsp3) is 0.238. The number of nitrogens with zero attached hydrogens (tertiary/aromatic N) is 1. The highest BCUT2D eigenvalue weighted by molar-refractivity contribution is 6.16. The summed E-state index contributed by atoms with van der Waals surface area (Å²) in [6.07, 6.45) is 1.85. The maximum Gasteiger partial charge on any atom is 0.259 e. The maximum absolute atomic E-state index is 12.8. The van der Waals surface area contributed by atoms with Crippen molar-refractivity contribution in [3.63, 3.8) is 0 Å². The van der Waals surface area contributed by atoms with E-state index in [1.165, 1.54) is 5.56 Å². The highest BCUT2D eigenvalue weighted by atomic mass is 16.3. The number of nitrogens with one attached hydrogen (secondary N) is 1. The summed E-state index contributed by atoms with van der Waals surface area (Å²) in [5.74, 6) is -0.104. The van der Waals surface area contributed by atoms with Crippen molar-refractivity contribution in [2.45, 2.75) is 19.3 Å². The molecular formula is C21H22N2O2. The third kappa shape index (κ3) is 3.48. The molecule has 1 aliphatic heterocycles. The van der Waals surface area contributed by atoms with Gasteiger partial charge in [0.1, 0.15) is 5.76 Å². The summed E-state index contributed by atoms with van der Waals surface area (Å²) >= 11 is 0. The fourth-order valence-corrected chi connectivity index (χ4v) is 3.33. The van der Waals surface area contributed by atoms with E-state index in [1.807, 2.05) is 43.3 Å². The van der Waals surface area contributed by atoms with Crippen LogP contribution in [-0.4, -0.2) is 35.2 Å². The number of carbonyl (C=O) groups is 1. The van der Waals surface area contributed by atoms with Gasteiger partial charge < -0.3 is 15.4 Å². The summed E-state index contributed by atoms with van der Waals surface area (Å²) in [5, 5.41) is 18.2. The van der Waals surface area contributed by atoms with Gasteiger partial charge in [-0.25, -0.2) is 0 Å². The molecule has 0 aliphatic carbocycles. The lowest BCUT2D eigenvalue weighted by molar-refractivity contribution is -0.125. The van der Waals surface area contributed by atoms with Crippen LogP contribution in [0.15, 0.2) is 60.2 Å². The lowest BCUT2D eigenvalue weighted by atomic mass is 9.99. The summed E-state index contributed by atoms with van der Waals surface area (Å²) in [7, 11) is 0. The van der Waals surface area contributed by atoms with Crippen LogP contribution in [0.4, 0.5) is 0 Å². The van der Waals surface area contributed by atoms with Gasteiger partial charge in [-0.15, -0.1) is 0 Å². The zero-order valence-electron chi connectivity index (χ0n) is 14.3. The minimum absolute atomic E-state index is 0.0445. The molecule has 1 atom stereocenters. The van der Waals surface area contributed by atoms with E-state index >= 15 is 0 Å². The molecule has 0 spiro atoms. The number of aliphatic hydroxyl groups excluding tert-OH is 1. The van der Waals surface area contributed by atoms with Crippen LogP contribution in [0.1, 0.15) is 29.0 Å². The first-order valence-corrected chi connectivity index (χ1v) is 8.45. The van der Waals surface area contributed by atoms with Crippen molar-refractivity contribution >= 4 is 17.9 Å². The topological polar surface area (TPSA) is 64.4 Å². The van der Waals surface area contributed by atoms with Crippen LogP contribution in [0.25, 0.3) is 5.76 Å². The van der Waals surface area contributed by atoms with Gasteiger partial charge in [0, 0.05) is 30.8 Å². The number of aliphatic hydroxyl groups is 1. The van der Waals surface area contributed by atoms with Crippen molar-refractivity contribution in [2.24, 2.45) is 0 Å². The van der Waals surface area contributed by atoms with E-state index < -0.39 is 0 Å². The van der Waals surface area contributed by atoms with Crippen molar-refractivity contribution in [2.75, 3.05) is 13.1 Å². The van der Waals surface area contributed by atoms with Crippen LogP contribution >= 0.6 is 0 Å². The third-order valence-corrected chi connectivity index (χ3v) is 4.78. The number of benzene rings is 2. The molecule has 0 saturated carbocycles. The van der Waals surface area contributed by atoms with E-state index in [1.54, 1.807) is 11.0 Å². The number of rotatable bonds is 4. The lowest BCUT2D eigenvalue weighted by Crippen LogP contribution is -2.31. The van der Waals surface area contributed by atoms with E-state index in [0.717, 1.165) is 18.2 Å². The summed E-state index contributed by atoms with van der Waals surface area (Å²) in [4.78, 5) is 14.6. The van der Waals surface area contributed by atoms with Gasteiger partial charge in [-0.2, -0.15) is 0 Å². The van der Waals surface area contributed by atoms with Gasteiger partial charge in [-0.1, -0.05) is 54.6 Å². The highest BCUT2D eigenvalue weighted by Gasteiger charge is 2.30. The molecule has 1 fully saturated rings. The van der Waals surface area contributed by atoms with Gasteiger partial charge in [0.25, 0.3) is 5.91 Å². The van der Waals surface area contributed by atoms with Crippen molar-refractivity contribution < 1.29 is 9.90 Å². The Morgan fingerprint density at radius 3 is 2.52 bits per heavy atom. The SMILES string of the molecule is Cc1ccccc1/C(O)=C(/C=N)C(=O)N1CCC(c2ccccc2)C1. The molecule has 2 aromatic carbocycles. The average molecular weight is 334 g/mol. The van der Waals surface area contributed by atoms with Crippen LogP contribution in [0, 0.1) is 12.3 Å². The molecule has 0 aromatic heterocycles. The molecule has 1 saturated heterocycles. The van der Waals surface area contributed by atoms with Crippen LogP contribution < -0.4 is 0 Å². The minimum atomic E-state index is -0.283. The molecule has 0 bridgehead atoms. The van der Waals surface area contributed by atoms with Crippen LogP contribution in [-0.2, 0) is 4.79 Å².